The summed E-state index contributed by atoms with van der Waals surface area (Å²) in [6.07, 6.45) is 1.65. The third-order valence-electron chi connectivity index (χ3n) is 3.22. The summed E-state index contributed by atoms with van der Waals surface area (Å²) < 4.78 is 11.1. The molecule has 1 aromatic carbocycles. The van der Waals surface area contributed by atoms with Crippen molar-refractivity contribution in [1.82, 2.24) is 5.32 Å². The molecular weight excluding hydrogens is 346 g/mol. The molecule has 0 atom stereocenters. The second kappa shape index (κ2) is 7.02. The third kappa shape index (κ3) is 3.58. The highest BCUT2D eigenvalue weighted by molar-refractivity contribution is 8.26. The first-order valence-electron chi connectivity index (χ1n) is 7.19. The fourth-order valence-corrected chi connectivity index (χ4v) is 3.15. The van der Waals surface area contributed by atoms with Crippen LogP contribution >= 0.6 is 24.0 Å². The Hall–Kier alpha value is -2.38. The van der Waals surface area contributed by atoms with Gasteiger partial charge in [0.1, 0.15) is 15.8 Å². The van der Waals surface area contributed by atoms with Crippen LogP contribution in [-0.4, -0.2) is 22.8 Å². The standard InChI is InChI=1S/C17H13NO4S2/c1-2-21-16(20)11-5-3-10(4-6-11)13-8-7-12(22-13)9-14-15(19)18-17(23)24-14/h3-9H,2H2,1H3,(H,18,19,23). The van der Waals surface area contributed by atoms with Gasteiger partial charge in [0.25, 0.3) is 5.91 Å². The Morgan fingerprint density at radius 3 is 2.67 bits per heavy atom. The number of hydrogen-bond donors (Lipinski definition) is 1. The van der Waals surface area contributed by atoms with Crippen molar-refractivity contribution in [2.45, 2.75) is 6.92 Å². The van der Waals surface area contributed by atoms with Crippen molar-refractivity contribution in [3.8, 4) is 11.3 Å². The highest BCUT2D eigenvalue weighted by atomic mass is 32.2. The van der Waals surface area contributed by atoms with Crippen LogP contribution in [0.2, 0.25) is 0 Å². The Morgan fingerprint density at radius 2 is 2.04 bits per heavy atom. The SMILES string of the molecule is CCOC(=O)c1ccc(-c2ccc(C=C3SC(=S)NC3=O)o2)cc1. The summed E-state index contributed by atoms with van der Waals surface area (Å²) in [5.74, 6) is 0.626. The van der Waals surface area contributed by atoms with E-state index < -0.39 is 0 Å². The zero-order valence-electron chi connectivity index (χ0n) is 12.7. The van der Waals surface area contributed by atoms with E-state index in [1.807, 2.05) is 6.07 Å². The van der Waals surface area contributed by atoms with Gasteiger partial charge in [-0.05, 0) is 31.2 Å². The van der Waals surface area contributed by atoms with Crippen molar-refractivity contribution >= 4 is 46.3 Å². The molecule has 1 fully saturated rings. The minimum absolute atomic E-state index is 0.221. The summed E-state index contributed by atoms with van der Waals surface area (Å²) in [5.41, 5.74) is 1.31. The molecular formula is C17H13NO4S2. The maximum atomic E-state index is 11.6. The lowest BCUT2D eigenvalue weighted by Gasteiger charge is -2.02. The largest absolute Gasteiger partial charge is 0.462 e. The summed E-state index contributed by atoms with van der Waals surface area (Å²) in [6, 6.07) is 10.5. The van der Waals surface area contributed by atoms with E-state index in [0.717, 1.165) is 5.56 Å². The average molecular weight is 359 g/mol. The van der Waals surface area contributed by atoms with E-state index in [1.165, 1.54) is 11.8 Å². The number of hydrogen-bond acceptors (Lipinski definition) is 6. The van der Waals surface area contributed by atoms with Crippen molar-refractivity contribution in [2.24, 2.45) is 0 Å². The van der Waals surface area contributed by atoms with Crippen LogP contribution in [0, 0.1) is 0 Å². The molecule has 3 rings (SSSR count). The molecule has 1 aromatic heterocycles. The zero-order valence-corrected chi connectivity index (χ0v) is 14.3. The number of thiocarbonyl (C=S) groups is 1. The predicted octanol–water partition coefficient (Wildman–Crippen LogP) is 3.61. The quantitative estimate of drug-likeness (QED) is 0.511. The van der Waals surface area contributed by atoms with Crippen LogP contribution in [-0.2, 0) is 9.53 Å². The Labute approximate surface area is 148 Å². The summed E-state index contributed by atoms with van der Waals surface area (Å²) in [7, 11) is 0. The topological polar surface area (TPSA) is 68.5 Å². The predicted molar refractivity (Wildman–Crippen MR) is 96.4 cm³/mol. The molecule has 122 valence electrons. The molecule has 24 heavy (non-hydrogen) atoms. The lowest BCUT2D eigenvalue weighted by Crippen LogP contribution is -2.17. The molecule has 7 heteroatoms. The van der Waals surface area contributed by atoms with Gasteiger partial charge < -0.3 is 14.5 Å². The molecule has 0 unspecified atom stereocenters. The van der Waals surface area contributed by atoms with Gasteiger partial charge in [0, 0.05) is 11.6 Å². The molecule has 1 N–H and O–H groups in total. The number of esters is 1. The van der Waals surface area contributed by atoms with Crippen molar-refractivity contribution in [1.29, 1.82) is 0 Å². The molecule has 1 aliphatic rings. The average Bonchev–Trinajstić information content (AvgIpc) is 3.15. The molecule has 0 aliphatic carbocycles. The fraction of sp³-hybridized carbons (Fsp3) is 0.118. The van der Waals surface area contributed by atoms with Gasteiger partial charge in [-0.1, -0.05) is 36.1 Å². The highest BCUT2D eigenvalue weighted by Crippen LogP contribution is 2.28. The smallest absolute Gasteiger partial charge is 0.338 e. The Bertz CT molecular complexity index is 837. The molecule has 1 amide bonds. The molecule has 0 bridgehead atoms. The van der Waals surface area contributed by atoms with Crippen LogP contribution in [0.15, 0.2) is 45.7 Å². The number of rotatable bonds is 4. The summed E-state index contributed by atoms with van der Waals surface area (Å²) >= 11 is 6.15. The van der Waals surface area contributed by atoms with Gasteiger partial charge in [-0.15, -0.1) is 0 Å². The summed E-state index contributed by atoms with van der Waals surface area (Å²) in [6.45, 7) is 2.10. The Kier molecular flexibility index (Phi) is 4.82. The minimum Gasteiger partial charge on any atom is -0.462 e. The molecule has 1 saturated heterocycles. The van der Waals surface area contributed by atoms with Gasteiger partial charge in [-0.2, -0.15) is 0 Å². The number of carbonyl (C=O) groups is 2. The van der Waals surface area contributed by atoms with E-state index in [4.69, 9.17) is 21.4 Å². The first kappa shape index (κ1) is 16.5. The molecule has 2 aromatic rings. The van der Waals surface area contributed by atoms with Gasteiger partial charge in [-0.25, -0.2) is 4.79 Å². The van der Waals surface area contributed by atoms with Crippen LogP contribution in [0.3, 0.4) is 0 Å². The van der Waals surface area contributed by atoms with Crippen molar-refractivity contribution in [2.75, 3.05) is 6.61 Å². The zero-order chi connectivity index (χ0) is 17.1. The first-order valence-corrected chi connectivity index (χ1v) is 8.41. The lowest BCUT2D eigenvalue weighted by atomic mass is 10.1. The molecule has 0 saturated carbocycles. The van der Waals surface area contributed by atoms with E-state index in [0.29, 0.717) is 32.9 Å². The van der Waals surface area contributed by atoms with E-state index in [2.05, 4.69) is 5.32 Å². The first-order chi connectivity index (χ1) is 11.6. The third-order valence-corrected chi connectivity index (χ3v) is 4.39. The minimum atomic E-state index is -0.353. The number of ether oxygens (including phenoxy) is 1. The lowest BCUT2D eigenvalue weighted by molar-refractivity contribution is -0.115. The van der Waals surface area contributed by atoms with Gasteiger partial charge in [-0.3, -0.25) is 4.79 Å². The van der Waals surface area contributed by atoms with Crippen molar-refractivity contribution in [3.05, 3.63) is 52.6 Å². The molecule has 1 aliphatic heterocycles. The highest BCUT2D eigenvalue weighted by Gasteiger charge is 2.22. The van der Waals surface area contributed by atoms with E-state index in [1.54, 1.807) is 43.3 Å². The van der Waals surface area contributed by atoms with E-state index in [9.17, 15) is 9.59 Å². The molecule has 2 heterocycles. The van der Waals surface area contributed by atoms with Gasteiger partial charge in [0.2, 0.25) is 0 Å². The van der Waals surface area contributed by atoms with Crippen molar-refractivity contribution in [3.63, 3.8) is 0 Å². The number of benzene rings is 1. The summed E-state index contributed by atoms with van der Waals surface area (Å²) in [5, 5.41) is 2.55. The van der Waals surface area contributed by atoms with Crippen LogP contribution in [0.5, 0.6) is 0 Å². The van der Waals surface area contributed by atoms with Gasteiger partial charge in [0.15, 0.2) is 0 Å². The van der Waals surface area contributed by atoms with Gasteiger partial charge in [0.05, 0.1) is 17.1 Å². The van der Waals surface area contributed by atoms with E-state index in [-0.39, 0.29) is 11.9 Å². The van der Waals surface area contributed by atoms with Crippen LogP contribution in [0.1, 0.15) is 23.0 Å². The fourth-order valence-electron chi connectivity index (χ4n) is 2.12. The second-order valence-corrected chi connectivity index (χ2v) is 6.57. The number of thioether (sulfide) groups is 1. The normalized spacial score (nSPS) is 15.6. The Morgan fingerprint density at radius 1 is 1.29 bits per heavy atom. The number of amides is 1. The molecule has 0 spiro atoms. The van der Waals surface area contributed by atoms with Gasteiger partial charge >= 0.3 is 5.97 Å². The molecule has 5 nitrogen and oxygen atoms in total. The Balaban J connectivity index is 1.78. The maximum Gasteiger partial charge on any atom is 0.338 e. The van der Waals surface area contributed by atoms with Crippen LogP contribution < -0.4 is 5.32 Å². The monoisotopic (exact) mass is 359 g/mol. The molecule has 0 radical (unpaired) electrons. The number of carbonyl (C=O) groups excluding carboxylic acids is 2. The number of nitrogens with one attached hydrogen (secondary N) is 1. The van der Waals surface area contributed by atoms with E-state index >= 15 is 0 Å². The maximum absolute atomic E-state index is 11.6. The van der Waals surface area contributed by atoms with Crippen molar-refractivity contribution < 1.29 is 18.7 Å². The van der Waals surface area contributed by atoms with Crippen LogP contribution in [0.25, 0.3) is 17.4 Å². The van der Waals surface area contributed by atoms with Crippen LogP contribution in [0.4, 0.5) is 0 Å². The summed E-state index contributed by atoms with van der Waals surface area (Å²) in [4.78, 5) is 23.8. The second-order valence-electron chi connectivity index (χ2n) is 4.85. The number of furan rings is 1.